The van der Waals surface area contributed by atoms with Gasteiger partial charge in [-0.25, -0.2) is 0 Å². The number of carbonyl (C=O) groups is 1. The summed E-state index contributed by atoms with van der Waals surface area (Å²) in [6.07, 6.45) is 2.99. The summed E-state index contributed by atoms with van der Waals surface area (Å²) < 4.78 is 13.2. The molecule has 0 bridgehead atoms. The van der Waals surface area contributed by atoms with Gasteiger partial charge in [0.2, 0.25) is 0 Å². The van der Waals surface area contributed by atoms with E-state index in [4.69, 9.17) is 9.47 Å². The minimum atomic E-state index is -0.0517. The van der Waals surface area contributed by atoms with Crippen molar-refractivity contribution in [1.82, 2.24) is 0 Å². The first-order valence-corrected chi connectivity index (χ1v) is 7.75. The molecule has 1 unspecified atom stereocenters. The molecule has 104 valence electrons. The number of ether oxygens (including phenoxy) is 2. The second kappa shape index (κ2) is 5.94. The van der Waals surface area contributed by atoms with Crippen LogP contribution >= 0.6 is 31.9 Å². The lowest BCUT2D eigenvalue weighted by Crippen LogP contribution is -2.24. The van der Waals surface area contributed by atoms with Gasteiger partial charge < -0.3 is 9.47 Å². The molecule has 0 N–H and O–H groups in total. The molecule has 0 aliphatic carbocycles. The molecule has 5 heteroatoms. The largest absolute Gasteiger partial charge is 0.489 e. The zero-order valence-electron chi connectivity index (χ0n) is 10.9. The van der Waals surface area contributed by atoms with Crippen molar-refractivity contribution in [2.45, 2.75) is 38.4 Å². The Bertz CT molecular complexity index is 463. The van der Waals surface area contributed by atoms with Gasteiger partial charge in [0.25, 0.3) is 0 Å². The number of aldehydes is 1. The molecule has 1 aromatic rings. The summed E-state index contributed by atoms with van der Waals surface area (Å²) in [6, 6.07) is 3.49. The minimum Gasteiger partial charge on any atom is -0.489 e. The number of hydrogen-bond donors (Lipinski definition) is 0. The number of benzene rings is 1. The maximum atomic E-state index is 10.8. The van der Waals surface area contributed by atoms with E-state index < -0.39 is 0 Å². The van der Waals surface area contributed by atoms with E-state index in [-0.39, 0.29) is 11.7 Å². The first kappa shape index (κ1) is 15.0. The van der Waals surface area contributed by atoms with Crippen LogP contribution in [-0.4, -0.2) is 24.6 Å². The van der Waals surface area contributed by atoms with Gasteiger partial charge in [-0.3, -0.25) is 4.79 Å². The van der Waals surface area contributed by atoms with E-state index in [1.54, 1.807) is 12.1 Å². The molecular weight excluding hydrogens is 376 g/mol. The summed E-state index contributed by atoms with van der Waals surface area (Å²) in [7, 11) is 0. The zero-order chi connectivity index (χ0) is 14.0. The van der Waals surface area contributed by atoms with Gasteiger partial charge in [0.05, 0.1) is 20.7 Å². The maximum absolute atomic E-state index is 10.8. The molecule has 1 fully saturated rings. The highest BCUT2D eigenvalue weighted by molar-refractivity contribution is 9.11. The summed E-state index contributed by atoms with van der Waals surface area (Å²) in [5, 5.41) is 0. The first-order chi connectivity index (χ1) is 8.91. The second-order valence-electron chi connectivity index (χ2n) is 5.28. The molecule has 1 heterocycles. The van der Waals surface area contributed by atoms with Gasteiger partial charge in [-0.05, 0) is 70.7 Å². The average molecular weight is 392 g/mol. The molecule has 1 saturated heterocycles. The Morgan fingerprint density at radius 1 is 1.42 bits per heavy atom. The van der Waals surface area contributed by atoms with Gasteiger partial charge >= 0.3 is 0 Å². The van der Waals surface area contributed by atoms with Gasteiger partial charge in [-0.1, -0.05) is 0 Å². The molecule has 1 aromatic carbocycles. The fourth-order valence-corrected chi connectivity index (χ4v) is 3.61. The van der Waals surface area contributed by atoms with Crippen molar-refractivity contribution in [1.29, 1.82) is 0 Å². The topological polar surface area (TPSA) is 35.5 Å². The van der Waals surface area contributed by atoms with E-state index >= 15 is 0 Å². The van der Waals surface area contributed by atoms with Crippen molar-refractivity contribution in [3.05, 3.63) is 26.6 Å². The van der Waals surface area contributed by atoms with Crippen LogP contribution in [0, 0.1) is 0 Å². The lowest BCUT2D eigenvalue weighted by Gasteiger charge is -2.20. The van der Waals surface area contributed by atoms with E-state index in [0.29, 0.717) is 17.9 Å². The summed E-state index contributed by atoms with van der Waals surface area (Å²) in [5.74, 6) is 0.707. The highest BCUT2D eigenvalue weighted by atomic mass is 79.9. The Morgan fingerprint density at radius 3 is 2.53 bits per heavy atom. The molecule has 1 aliphatic rings. The van der Waals surface area contributed by atoms with Crippen molar-refractivity contribution in [2.75, 3.05) is 6.61 Å². The van der Waals surface area contributed by atoms with Crippen molar-refractivity contribution >= 4 is 38.1 Å². The molecule has 3 nitrogen and oxygen atoms in total. The smallest absolute Gasteiger partial charge is 0.150 e. The van der Waals surface area contributed by atoms with E-state index in [1.807, 2.05) is 0 Å². The first-order valence-electron chi connectivity index (χ1n) is 6.16. The van der Waals surface area contributed by atoms with E-state index in [0.717, 1.165) is 28.1 Å². The Hall–Kier alpha value is -0.390. The average Bonchev–Trinajstić information content (AvgIpc) is 2.67. The van der Waals surface area contributed by atoms with Crippen LogP contribution in [0.25, 0.3) is 0 Å². The molecule has 0 radical (unpaired) electrons. The second-order valence-corrected chi connectivity index (χ2v) is 6.99. The monoisotopic (exact) mass is 390 g/mol. The Labute approximate surface area is 129 Å². The predicted octanol–water partition coefficient (Wildman–Crippen LogP) is 4.36. The lowest BCUT2D eigenvalue weighted by molar-refractivity contribution is -0.0328. The van der Waals surface area contributed by atoms with Crippen molar-refractivity contribution in [3.8, 4) is 5.75 Å². The molecule has 0 amide bonds. The van der Waals surface area contributed by atoms with Crippen LogP contribution in [0.2, 0.25) is 0 Å². The van der Waals surface area contributed by atoms with E-state index in [1.165, 1.54) is 0 Å². The van der Waals surface area contributed by atoms with Crippen LogP contribution in [0.5, 0.6) is 5.75 Å². The van der Waals surface area contributed by atoms with Gasteiger partial charge in [0, 0.05) is 5.56 Å². The Morgan fingerprint density at radius 2 is 2.05 bits per heavy atom. The molecule has 1 atom stereocenters. The van der Waals surface area contributed by atoms with Gasteiger partial charge in [-0.2, -0.15) is 0 Å². The van der Waals surface area contributed by atoms with Gasteiger partial charge in [0.1, 0.15) is 18.6 Å². The molecule has 0 aromatic heterocycles. The van der Waals surface area contributed by atoms with Gasteiger partial charge in [-0.15, -0.1) is 0 Å². The normalized spacial score (nSPS) is 21.4. The van der Waals surface area contributed by atoms with Crippen LogP contribution in [0.1, 0.15) is 37.0 Å². The number of hydrogen-bond acceptors (Lipinski definition) is 3. The third-order valence-electron chi connectivity index (χ3n) is 3.12. The van der Waals surface area contributed by atoms with Crippen LogP contribution < -0.4 is 4.74 Å². The van der Waals surface area contributed by atoms with Crippen molar-refractivity contribution in [2.24, 2.45) is 0 Å². The van der Waals surface area contributed by atoms with E-state index in [9.17, 15) is 4.79 Å². The molecular formula is C14H16Br2O3. The number of carbonyl (C=O) groups excluding carboxylic acids is 1. The van der Waals surface area contributed by atoms with Crippen molar-refractivity contribution < 1.29 is 14.3 Å². The fourth-order valence-electron chi connectivity index (χ4n) is 2.16. The third-order valence-corrected chi connectivity index (χ3v) is 4.30. The van der Waals surface area contributed by atoms with E-state index in [2.05, 4.69) is 45.7 Å². The summed E-state index contributed by atoms with van der Waals surface area (Å²) in [6.45, 7) is 4.70. The number of halogens is 2. The predicted molar refractivity (Wildman–Crippen MR) is 80.9 cm³/mol. The van der Waals surface area contributed by atoms with Crippen LogP contribution in [0.4, 0.5) is 0 Å². The quantitative estimate of drug-likeness (QED) is 0.715. The standard InChI is InChI=1S/C14H16Br2O3/c1-14(2)4-3-10(19-14)8-18-13-11(15)5-9(7-17)6-12(13)16/h5-7,10H,3-4,8H2,1-2H3. The third kappa shape index (κ3) is 3.80. The molecule has 1 aliphatic heterocycles. The van der Waals surface area contributed by atoms with Crippen LogP contribution in [0.15, 0.2) is 21.1 Å². The summed E-state index contributed by atoms with van der Waals surface area (Å²) >= 11 is 6.83. The van der Waals surface area contributed by atoms with Crippen molar-refractivity contribution in [3.63, 3.8) is 0 Å². The minimum absolute atomic E-state index is 0.0517. The summed E-state index contributed by atoms with van der Waals surface area (Å²) in [4.78, 5) is 10.8. The van der Waals surface area contributed by atoms with Gasteiger partial charge in [0.15, 0.2) is 0 Å². The highest BCUT2D eigenvalue weighted by Gasteiger charge is 2.32. The lowest BCUT2D eigenvalue weighted by atomic mass is 10.1. The Balaban J connectivity index is 2.02. The molecule has 0 saturated carbocycles. The molecule has 19 heavy (non-hydrogen) atoms. The summed E-state index contributed by atoms with van der Waals surface area (Å²) in [5.41, 5.74) is 0.550. The molecule has 2 rings (SSSR count). The SMILES string of the molecule is CC1(C)CCC(COc2c(Br)cc(C=O)cc2Br)O1. The maximum Gasteiger partial charge on any atom is 0.150 e. The zero-order valence-corrected chi connectivity index (χ0v) is 14.1. The highest BCUT2D eigenvalue weighted by Crippen LogP contribution is 2.36. The molecule has 0 spiro atoms. The van der Waals surface area contributed by atoms with Crippen LogP contribution in [0.3, 0.4) is 0 Å². The fraction of sp³-hybridized carbons (Fsp3) is 0.500. The van der Waals surface area contributed by atoms with Crippen LogP contribution in [-0.2, 0) is 4.74 Å². The number of rotatable bonds is 4. The Kier molecular flexibility index (Phi) is 4.69.